The summed E-state index contributed by atoms with van der Waals surface area (Å²) in [5, 5.41) is 33.3. The normalized spacial score (nSPS) is 10.0. The minimum Gasteiger partial charge on any atom is -0.478 e. The maximum Gasteiger partial charge on any atom is 0.327 e. The maximum absolute atomic E-state index is 11.1. The van der Waals surface area contributed by atoms with Crippen LogP contribution in [0.1, 0.15) is 0 Å². The Kier molecular flexibility index (Phi) is 11.2. The van der Waals surface area contributed by atoms with Crippen molar-refractivity contribution in [1.82, 2.24) is 4.90 Å². The van der Waals surface area contributed by atoms with E-state index in [9.17, 15) is 9.59 Å². The minimum absolute atomic E-state index is 0.0778. The van der Waals surface area contributed by atoms with Crippen LogP contribution in [0.4, 0.5) is 0 Å². The lowest BCUT2D eigenvalue weighted by atomic mass is 10.2. The molecule has 0 aromatic carbocycles. The number of rotatable bonds is 5. The summed E-state index contributed by atoms with van der Waals surface area (Å²) in [6, 6.07) is 0. The van der Waals surface area contributed by atoms with Gasteiger partial charge in [0.2, 0.25) is 0 Å². The van der Waals surface area contributed by atoms with Gasteiger partial charge in [-0.2, -0.15) is 0 Å². The van der Waals surface area contributed by atoms with Gasteiger partial charge in [0, 0.05) is 18.7 Å². The molecule has 1 amide bonds. The molecule has 0 fully saturated rings. The van der Waals surface area contributed by atoms with E-state index in [1.165, 1.54) is 13.1 Å². The minimum atomic E-state index is -0.981. The molecule has 0 bridgehead atoms. The molecule has 0 aromatic heterocycles. The lowest BCUT2D eigenvalue weighted by molar-refractivity contribution is -0.131. The van der Waals surface area contributed by atoms with Crippen molar-refractivity contribution < 1.29 is 30.0 Å². The molecule has 98 valence electrons. The molecule has 7 heteroatoms. The number of aliphatic hydroxyl groups is 3. The van der Waals surface area contributed by atoms with Crippen molar-refractivity contribution in [3.05, 3.63) is 24.3 Å². The number of amides is 1. The van der Waals surface area contributed by atoms with Gasteiger partial charge < -0.3 is 25.3 Å². The smallest absolute Gasteiger partial charge is 0.327 e. The van der Waals surface area contributed by atoms with Gasteiger partial charge in [-0.25, -0.2) is 4.79 Å². The van der Waals surface area contributed by atoms with Crippen LogP contribution in [-0.4, -0.2) is 64.2 Å². The van der Waals surface area contributed by atoms with Crippen LogP contribution >= 0.6 is 0 Å². The summed E-state index contributed by atoms with van der Waals surface area (Å²) in [6.07, 6.45) is 2.04. The van der Waals surface area contributed by atoms with Crippen LogP contribution in [0.25, 0.3) is 0 Å². The SMILES string of the molecule is C=CC(=O)O.CN(CO)C(=O)C(=CCO)CO. The topological polar surface area (TPSA) is 118 Å². The summed E-state index contributed by atoms with van der Waals surface area (Å²) in [6.45, 7) is 1.80. The molecule has 0 aliphatic rings. The molecule has 0 heterocycles. The third-order valence-corrected chi connectivity index (χ3v) is 1.52. The molecule has 0 unspecified atom stereocenters. The Labute approximate surface area is 98.9 Å². The van der Waals surface area contributed by atoms with Gasteiger partial charge in [-0.15, -0.1) is 0 Å². The number of carbonyl (C=O) groups excluding carboxylic acids is 1. The molecule has 0 spiro atoms. The zero-order valence-electron chi connectivity index (χ0n) is 9.54. The number of hydrogen-bond acceptors (Lipinski definition) is 5. The molecule has 0 aromatic rings. The van der Waals surface area contributed by atoms with Crippen molar-refractivity contribution in [2.45, 2.75) is 0 Å². The number of nitrogens with zero attached hydrogens (tertiary/aromatic N) is 1. The molecule has 17 heavy (non-hydrogen) atoms. The summed E-state index contributed by atoms with van der Waals surface area (Å²) in [5.74, 6) is -1.47. The summed E-state index contributed by atoms with van der Waals surface area (Å²) >= 11 is 0. The summed E-state index contributed by atoms with van der Waals surface area (Å²) in [7, 11) is 1.39. The van der Waals surface area contributed by atoms with Crippen molar-refractivity contribution in [2.75, 3.05) is 27.0 Å². The summed E-state index contributed by atoms with van der Waals surface area (Å²) in [5.41, 5.74) is 0.0778. The van der Waals surface area contributed by atoms with Crippen LogP contribution in [0.5, 0.6) is 0 Å². The third kappa shape index (κ3) is 9.24. The quantitative estimate of drug-likeness (QED) is 0.349. The van der Waals surface area contributed by atoms with E-state index in [1.807, 2.05) is 0 Å². The van der Waals surface area contributed by atoms with Gasteiger partial charge in [-0.1, -0.05) is 6.58 Å². The molecular weight excluding hydrogens is 230 g/mol. The highest BCUT2D eigenvalue weighted by atomic mass is 16.4. The van der Waals surface area contributed by atoms with Gasteiger partial charge in [0.05, 0.1) is 13.2 Å². The maximum atomic E-state index is 11.1. The Balaban J connectivity index is 0. The molecule has 0 aliphatic carbocycles. The lowest BCUT2D eigenvalue weighted by Gasteiger charge is -2.14. The zero-order chi connectivity index (χ0) is 13.8. The van der Waals surface area contributed by atoms with E-state index in [2.05, 4.69) is 6.58 Å². The number of carboxylic acid groups (broad SMARTS) is 1. The zero-order valence-corrected chi connectivity index (χ0v) is 9.54. The molecule has 0 atom stereocenters. The number of carbonyl (C=O) groups is 2. The van der Waals surface area contributed by atoms with E-state index in [-0.39, 0.29) is 12.2 Å². The van der Waals surface area contributed by atoms with Crippen molar-refractivity contribution in [3.8, 4) is 0 Å². The van der Waals surface area contributed by atoms with E-state index in [4.69, 9.17) is 20.4 Å². The van der Waals surface area contributed by atoms with Crippen LogP contribution in [-0.2, 0) is 9.59 Å². The summed E-state index contributed by atoms with van der Waals surface area (Å²) < 4.78 is 0. The fourth-order valence-corrected chi connectivity index (χ4v) is 0.639. The molecule has 0 saturated heterocycles. The first-order valence-corrected chi connectivity index (χ1v) is 4.56. The van der Waals surface area contributed by atoms with E-state index in [0.29, 0.717) is 0 Å². The number of aliphatic carboxylic acids is 1. The average molecular weight is 247 g/mol. The first-order valence-electron chi connectivity index (χ1n) is 4.56. The third-order valence-electron chi connectivity index (χ3n) is 1.52. The van der Waals surface area contributed by atoms with Crippen LogP contribution in [0.2, 0.25) is 0 Å². The van der Waals surface area contributed by atoms with Crippen LogP contribution in [0.3, 0.4) is 0 Å². The predicted octanol–water partition coefficient (Wildman–Crippen LogP) is -1.44. The fourth-order valence-electron chi connectivity index (χ4n) is 0.639. The Bertz CT molecular complexity index is 287. The first-order chi connectivity index (χ1) is 7.94. The molecule has 0 saturated carbocycles. The van der Waals surface area contributed by atoms with Crippen molar-refractivity contribution in [3.63, 3.8) is 0 Å². The highest BCUT2D eigenvalue weighted by Crippen LogP contribution is 1.97. The van der Waals surface area contributed by atoms with Gasteiger partial charge in [0.15, 0.2) is 0 Å². The Morgan fingerprint density at radius 1 is 1.29 bits per heavy atom. The Morgan fingerprint density at radius 2 is 1.76 bits per heavy atom. The second-order valence-corrected chi connectivity index (χ2v) is 2.76. The van der Waals surface area contributed by atoms with E-state index in [0.717, 1.165) is 11.0 Å². The molecule has 0 radical (unpaired) electrons. The van der Waals surface area contributed by atoms with E-state index < -0.39 is 25.2 Å². The van der Waals surface area contributed by atoms with E-state index >= 15 is 0 Å². The van der Waals surface area contributed by atoms with Gasteiger partial charge in [-0.05, 0) is 6.08 Å². The Morgan fingerprint density at radius 3 is 2.00 bits per heavy atom. The standard InChI is InChI=1S/C7H13NO4.C3H4O2/c1-8(5-11)7(12)6(4-10)2-3-9;1-2-3(4)5/h2,9-11H,3-5H2,1H3;2H,1H2,(H,4,5). The molecular formula is C10H17NO6. The van der Waals surface area contributed by atoms with Gasteiger partial charge in [0.1, 0.15) is 6.73 Å². The van der Waals surface area contributed by atoms with Crippen LogP contribution < -0.4 is 0 Å². The largest absolute Gasteiger partial charge is 0.478 e. The second kappa shape index (κ2) is 10.8. The van der Waals surface area contributed by atoms with Crippen LogP contribution in [0.15, 0.2) is 24.3 Å². The van der Waals surface area contributed by atoms with Crippen molar-refractivity contribution in [1.29, 1.82) is 0 Å². The monoisotopic (exact) mass is 247 g/mol. The van der Waals surface area contributed by atoms with E-state index in [1.54, 1.807) is 0 Å². The first kappa shape index (κ1) is 17.7. The highest BCUT2D eigenvalue weighted by Gasteiger charge is 2.11. The second-order valence-electron chi connectivity index (χ2n) is 2.76. The molecule has 0 aliphatic heterocycles. The van der Waals surface area contributed by atoms with Gasteiger partial charge in [0.25, 0.3) is 5.91 Å². The molecule has 0 rings (SSSR count). The average Bonchev–Trinajstić information content (AvgIpc) is 2.34. The van der Waals surface area contributed by atoms with Crippen LogP contribution in [0, 0.1) is 0 Å². The molecule has 7 nitrogen and oxygen atoms in total. The fraction of sp³-hybridized carbons (Fsp3) is 0.400. The number of hydrogen-bond donors (Lipinski definition) is 4. The number of aliphatic hydroxyl groups excluding tert-OH is 3. The van der Waals surface area contributed by atoms with Crippen molar-refractivity contribution >= 4 is 11.9 Å². The predicted molar refractivity (Wildman–Crippen MR) is 59.9 cm³/mol. The number of carboxylic acids is 1. The van der Waals surface area contributed by atoms with Crippen molar-refractivity contribution in [2.24, 2.45) is 0 Å². The van der Waals surface area contributed by atoms with Gasteiger partial charge >= 0.3 is 5.97 Å². The summed E-state index contributed by atoms with van der Waals surface area (Å²) in [4.78, 5) is 21.4. The van der Waals surface area contributed by atoms with Gasteiger partial charge in [-0.3, -0.25) is 4.79 Å². The molecule has 4 N–H and O–H groups in total. The Hall–Kier alpha value is -1.70. The highest BCUT2D eigenvalue weighted by molar-refractivity contribution is 5.93. The number of likely N-dealkylation sites (N-methyl/N-ethyl adjacent to an activating group) is 1. The lowest BCUT2D eigenvalue weighted by Crippen LogP contribution is -2.30.